The fourth-order valence-corrected chi connectivity index (χ4v) is 6.13. The van der Waals surface area contributed by atoms with Crippen LogP contribution in [0.25, 0.3) is 55.7 Å². The third-order valence-electron chi connectivity index (χ3n) is 7.85. The number of methoxy groups -OCH3 is 2. The highest BCUT2D eigenvalue weighted by atomic mass is 35.5. The summed E-state index contributed by atoms with van der Waals surface area (Å²) in [6.45, 7) is 0. The number of halogens is 2. The van der Waals surface area contributed by atoms with Crippen LogP contribution in [0.3, 0.4) is 0 Å². The van der Waals surface area contributed by atoms with Gasteiger partial charge in [0.05, 0.1) is 34.1 Å². The van der Waals surface area contributed by atoms with Crippen molar-refractivity contribution >= 4 is 96.3 Å². The second-order valence-corrected chi connectivity index (χ2v) is 11.3. The van der Waals surface area contributed by atoms with Crippen molar-refractivity contribution in [3.05, 3.63) is 120 Å². The molecule has 0 radical (unpaired) electrons. The summed E-state index contributed by atoms with van der Waals surface area (Å²) in [4.78, 5) is 40.7. The molecule has 0 N–H and O–H groups in total. The fourth-order valence-electron chi connectivity index (χ4n) is 5.65. The van der Waals surface area contributed by atoms with Crippen LogP contribution in [-0.2, 0) is 4.74 Å². The highest BCUT2D eigenvalue weighted by Gasteiger charge is 2.28. The molecule has 0 aliphatic rings. The SMILES string of the molecule is COc1ccc2oc3ccc([N+](=O)[O-])cc3c2c1C(=O)O/C(=C/c1c(Cl)cncc1Cl)c1ccc(OC)c2oc3ccc([N+](=O)[O-])cc3c12. The number of rotatable bonds is 8. The second-order valence-electron chi connectivity index (χ2n) is 10.5. The minimum Gasteiger partial charge on any atom is -0.496 e. The average Bonchev–Trinajstić information content (AvgIpc) is 3.66. The molecule has 3 aromatic heterocycles. The molecule has 13 nitrogen and oxygen atoms in total. The van der Waals surface area contributed by atoms with E-state index in [4.69, 9.17) is 46.2 Å². The van der Waals surface area contributed by atoms with Gasteiger partial charge in [-0.3, -0.25) is 25.2 Å². The fraction of sp³-hybridized carbons (Fsp3) is 0.0588. The van der Waals surface area contributed by atoms with Crippen molar-refractivity contribution in [3.8, 4) is 11.5 Å². The predicted octanol–water partition coefficient (Wildman–Crippen LogP) is 9.38. The Hall–Kier alpha value is -6.18. The number of benzene rings is 4. The van der Waals surface area contributed by atoms with Crippen molar-refractivity contribution in [2.24, 2.45) is 0 Å². The summed E-state index contributed by atoms with van der Waals surface area (Å²) in [7, 11) is 2.79. The van der Waals surface area contributed by atoms with Crippen molar-refractivity contribution in [2.75, 3.05) is 14.2 Å². The zero-order valence-electron chi connectivity index (χ0n) is 25.2. The number of nitro groups is 2. The van der Waals surface area contributed by atoms with E-state index in [-0.39, 0.29) is 77.1 Å². The van der Waals surface area contributed by atoms with Gasteiger partial charge in [-0.1, -0.05) is 23.2 Å². The van der Waals surface area contributed by atoms with Crippen LogP contribution in [0, 0.1) is 20.2 Å². The summed E-state index contributed by atoms with van der Waals surface area (Å²) in [6.07, 6.45) is 4.13. The zero-order valence-corrected chi connectivity index (χ0v) is 26.7. The minimum absolute atomic E-state index is 0.0884. The molecule has 7 aromatic rings. The third kappa shape index (κ3) is 5.30. The first kappa shape index (κ1) is 31.4. The number of aromatic nitrogens is 1. The van der Waals surface area contributed by atoms with Crippen molar-refractivity contribution in [3.63, 3.8) is 0 Å². The highest BCUT2D eigenvalue weighted by Crippen LogP contribution is 2.43. The van der Waals surface area contributed by atoms with E-state index in [1.807, 2.05) is 0 Å². The van der Waals surface area contributed by atoms with E-state index >= 15 is 0 Å². The molecule has 49 heavy (non-hydrogen) atoms. The number of pyridine rings is 1. The summed E-state index contributed by atoms with van der Waals surface area (Å²) in [5.41, 5.74) is 1.04. The van der Waals surface area contributed by atoms with Crippen LogP contribution in [0.2, 0.25) is 10.0 Å². The Labute approximate surface area is 284 Å². The van der Waals surface area contributed by atoms with Crippen LogP contribution in [0.15, 0.2) is 81.9 Å². The Bertz CT molecular complexity index is 2550. The molecule has 0 atom stereocenters. The van der Waals surface area contributed by atoms with Gasteiger partial charge in [0.15, 0.2) is 11.3 Å². The molecule has 0 unspecified atom stereocenters. The van der Waals surface area contributed by atoms with Gasteiger partial charge in [0.2, 0.25) is 0 Å². The number of non-ortho nitro benzene ring substituents is 2. The number of hydrogen-bond donors (Lipinski definition) is 0. The average molecular weight is 700 g/mol. The molecule has 7 rings (SSSR count). The number of nitrogens with zero attached hydrogens (tertiary/aromatic N) is 3. The topological polar surface area (TPSA) is 170 Å². The summed E-state index contributed by atoms with van der Waals surface area (Å²) in [5.74, 6) is -0.636. The number of carbonyl (C=O) groups excluding carboxylic acids is 1. The van der Waals surface area contributed by atoms with Gasteiger partial charge in [-0.05, 0) is 42.5 Å². The number of carbonyl (C=O) groups is 1. The quantitative estimate of drug-likeness (QED) is 0.0640. The molecule has 0 bridgehead atoms. The minimum atomic E-state index is -0.938. The van der Waals surface area contributed by atoms with E-state index in [0.717, 1.165) is 0 Å². The Kier molecular flexibility index (Phi) is 7.77. The molecule has 244 valence electrons. The first-order chi connectivity index (χ1) is 23.6. The van der Waals surface area contributed by atoms with Gasteiger partial charge in [0.1, 0.15) is 33.8 Å². The summed E-state index contributed by atoms with van der Waals surface area (Å²) >= 11 is 13.0. The number of ether oxygens (including phenoxy) is 3. The Balaban J connectivity index is 1.50. The van der Waals surface area contributed by atoms with E-state index in [0.29, 0.717) is 22.1 Å². The lowest BCUT2D eigenvalue weighted by Crippen LogP contribution is -2.08. The summed E-state index contributed by atoms with van der Waals surface area (Å²) < 4.78 is 29.3. The maximum absolute atomic E-state index is 14.4. The van der Waals surface area contributed by atoms with Gasteiger partial charge in [0, 0.05) is 69.3 Å². The lowest BCUT2D eigenvalue weighted by Gasteiger charge is -2.15. The zero-order chi connectivity index (χ0) is 34.6. The third-order valence-corrected chi connectivity index (χ3v) is 8.45. The maximum Gasteiger partial charge on any atom is 0.348 e. The van der Waals surface area contributed by atoms with Gasteiger partial charge < -0.3 is 23.0 Å². The highest BCUT2D eigenvalue weighted by molar-refractivity contribution is 6.37. The molecular formula is C34H19Cl2N3O10. The Morgan fingerprint density at radius 2 is 1.35 bits per heavy atom. The lowest BCUT2D eigenvalue weighted by atomic mass is 10.0. The summed E-state index contributed by atoms with van der Waals surface area (Å²) in [6, 6.07) is 14.4. The number of fused-ring (bicyclic) bond motifs is 6. The van der Waals surface area contributed by atoms with Gasteiger partial charge in [-0.2, -0.15) is 0 Å². The standard InChI is InChI=1S/C34H19Cl2N3O10/c1-45-26-9-10-27-31(21-12-17(39(43)44)3-6-24(21)47-27)32(26)34(40)49-29(13-19-22(35)14-37-15-23(19)36)18-5-8-28(46-2)33-30(18)20-11-16(38(41)42)4-7-25(20)48-33/h3-15H,1-2H3/b29-13+. The van der Waals surface area contributed by atoms with Crippen LogP contribution in [0.1, 0.15) is 21.5 Å². The molecule has 0 saturated heterocycles. The van der Waals surface area contributed by atoms with E-state index in [1.165, 1.54) is 75.2 Å². The van der Waals surface area contributed by atoms with Crippen molar-refractivity contribution < 1.29 is 37.7 Å². The van der Waals surface area contributed by atoms with Crippen LogP contribution < -0.4 is 9.47 Å². The number of nitro benzene ring substituents is 2. The summed E-state index contributed by atoms with van der Waals surface area (Å²) in [5, 5.41) is 24.8. The molecule has 0 amide bonds. The second kappa shape index (κ2) is 12.1. The van der Waals surface area contributed by atoms with Crippen molar-refractivity contribution in [2.45, 2.75) is 0 Å². The van der Waals surface area contributed by atoms with Gasteiger partial charge in [-0.15, -0.1) is 0 Å². The van der Waals surface area contributed by atoms with Gasteiger partial charge in [-0.25, -0.2) is 4.79 Å². The van der Waals surface area contributed by atoms with Crippen LogP contribution in [0.4, 0.5) is 11.4 Å². The van der Waals surface area contributed by atoms with Gasteiger partial charge in [0.25, 0.3) is 11.4 Å². The van der Waals surface area contributed by atoms with E-state index < -0.39 is 15.8 Å². The first-order valence-corrected chi connectivity index (χ1v) is 14.9. The van der Waals surface area contributed by atoms with Crippen LogP contribution in [-0.4, -0.2) is 35.0 Å². The van der Waals surface area contributed by atoms with E-state index in [1.54, 1.807) is 18.2 Å². The predicted molar refractivity (Wildman–Crippen MR) is 181 cm³/mol. The monoisotopic (exact) mass is 699 g/mol. The molecule has 0 spiro atoms. The molecular weight excluding hydrogens is 681 g/mol. The van der Waals surface area contributed by atoms with Crippen LogP contribution >= 0.6 is 23.2 Å². The van der Waals surface area contributed by atoms with Crippen LogP contribution in [0.5, 0.6) is 11.5 Å². The molecule has 0 saturated carbocycles. The molecule has 0 fully saturated rings. The Morgan fingerprint density at radius 1 is 0.776 bits per heavy atom. The van der Waals surface area contributed by atoms with E-state index in [2.05, 4.69) is 4.98 Å². The molecule has 15 heteroatoms. The largest absolute Gasteiger partial charge is 0.496 e. The van der Waals surface area contributed by atoms with Gasteiger partial charge >= 0.3 is 5.97 Å². The van der Waals surface area contributed by atoms with Crippen molar-refractivity contribution in [1.82, 2.24) is 4.98 Å². The lowest BCUT2D eigenvalue weighted by molar-refractivity contribution is -0.384. The Morgan fingerprint density at radius 3 is 1.96 bits per heavy atom. The first-order valence-electron chi connectivity index (χ1n) is 14.2. The molecule has 0 aliphatic heterocycles. The molecule has 4 aromatic carbocycles. The molecule has 3 heterocycles. The normalized spacial score (nSPS) is 11.8. The number of furan rings is 2. The molecule has 0 aliphatic carbocycles. The van der Waals surface area contributed by atoms with Crippen molar-refractivity contribution in [1.29, 1.82) is 0 Å². The number of hydrogen-bond acceptors (Lipinski definition) is 11. The van der Waals surface area contributed by atoms with E-state index in [9.17, 15) is 25.0 Å². The smallest absolute Gasteiger partial charge is 0.348 e. The number of esters is 1. The maximum atomic E-state index is 14.4.